The summed E-state index contributed by atoms with van der Waals surface area (Å²) in [5.74, 6) is 0. The van der Waals surface area contributed by atoms with Gasteiger partial charge < -0.3 is 10.3 Å². The van der Waals surface area contributed by atoms with Gasteiger partial charge in [-0.3, -0.25) is 0 Å². The van der Waals surface area contributed by atoms with Crippen molar-refractivity contribution < 1.29 is 10.3 Å². The van der Waals surface area contributed by atoms with Crippen LogP contribution in [-0.4, -0.2) is 35.1 Å². The molecule has 0 aromatic heterocycles. The molecule has 0 radical (unpaired) electrons. The lowest BCUT2D eigenvalue weighted by atomic mass is 10.3. The second-order valence-corrected chi connectivity index (χ2v) is 2.29. The van der Waals surface area contributed by atoms with Crippen LogP contribution in [0.3, 0.4) is 0 Å². The van der Waals surface area contributed by atoms with E-state index in [9.17, 15) is 0 Å². The van der Waals surface area contributed by atoms with Crippen molar-refractivity contribution in [1.82, 2.24) is 5.06 Å². The number of nitriles is 1. The van der Waals surface area contributed by atoms with Crippen molar-refractivity contribution in [3.63, 3.8) is 0 Å². The van der Waals surface area contributed by atoms with Crippen LogP contribution in [0.25, 0.3) is 0 Å². The molecule has 0 saturated heterocycles. The molecule has 0 aromatic rings. The molecule has 0 fully saturated rings. The lowest BCUT2D eigenvalue weighted by Gasteiger charge is -2.11. The van der Waals surface area contributed by atoms with Crippen LogP contribution in [0, 0.1) is 11.3 Å². The van der Waals surface area contributed by atoms with Crippen LogP contribution in [0.1, 0.15) is 19.3 Å². The van der Waals surface area contributed by atoms with Gasteiger partial charge >= 0.3 is 0 Å². The van der Waals surface area contributed by atoms with Crippen molar-refractivity contribution in [3.05, 3.63) is 0 Å². The van der Waals surface area contributed by atoms with Crippen molar-refractivity contribution in [1.29, 1.82) is 5.26 Å². The molecule has 0 unspecified atom stereocenters. The number of unbranched alkanes of at least 4 members (excludes halogenated alkanes) is 1. The molecular weight excluding hydrogens is 144 g/mol. The SMILES string of the molecule is N#CCCCN(O)CCCO. The topological polar surface area (TPSA) is 67.5 Å². The van der Waals surface area contributed by atoms with Gasteiger partial charge in [0.1, 0.15) is 0 Å². The van der Waals surface area contributed by atoms with Crippen LogP contribution in [-0.2, 0) is 0 Å². The molecule has 0 rings (SSSR count). The number of aliphatic hydroxyl groups excluding tert-OH is 1. The number of hydrogen-bond acceptors (Lipinski definition) is 4. The molecule has 4 nitrogen and oxygen atoms in total. The Labute approximate surface area is 66.6 Å². The van der Waals surface area contributed by atoms with Crippen molar-refractivity contribution >= 4 is 0 Å². The van der Waals surface area contributed by atoms with Gasteiger partial charge in [-0.1, -0.05) is 0 Å². The minimum absolute atomic E-state index is 0.0926. The van der Waals surface area contributed by atoms with E-state index in [4.69, 9.17) is 15.6 Å². The van der Waals surface area contributed by atoms with E-state index >= 15 is 0 Å². The summed E-state index contributed by atoms with van der Waals surface area (Å²) in [6.07, 6.45) is 1.72. The van der Waals surface area contributed by atoms with Gasteiger partial charge in [0.25, 0.3) is 0 Å². The van der Waals surface area contributed by atoms with E-state index in [-0.39, 0.29) is 6.61 Å². The molecule has 0 aliphatic heterocycles. The minimum Gasteiger partial charge on any atom is -0.396 e. The molecule has 64 valence electrons. The second-order valence-electron chi connectivity index (χ2n) is 2.29. The fraction of sp³-hybridized carbons (Fsp3) is 0.857. The average Bonchev–Trinajstić information content (AvgIpc) is 2.01. The molecule has 0 amide bonds. The lowest BCUT2D eigenvalue weighted by Crippen LogP contribution is -2.22. The quantitative estimate of drug-likeness (QED) is 0.432. The van der Waals surface area contributed by atoms with E-state index in [0.29, 0.717) is 32.4 Å². The average molecular weight is 158 g/mol. The van der Waals surface area contributed by atoms with Gasteiger partial charge in [-0.05, 0) is 12.8 Å². The Kier molecular flexibility index (Phi) is 7.05. The summed E-state index contributed by atoms with van der Waals surface area (Å²) in [5.41, 5.74) is 0. The first-order valence-electron chi connectivity index (χ1n) is 3.73. The molecule has 0 atom stereocenters. The summed E-state index contributed by atoms with van der Waals surface area (Å²) in [7, 11) is 0. The monoisotopic (exact) mass is 158 g/mol. The number of hydroxylamine groups is 2. The highest BCUT2D eigenvalue weighted by molar-refractivity contribution is 4.68. The number of nitrogens with zero attached hydrogens (tertiary/aromatic N) is 2. The summed E-state index contributed by atoms with van der Waals surface area (Å²) < 4.78 is 0. The van der Waals surface area contributed by atoms with Gasteiger partial charge in [0.15, 0.2) is 0 Å². The van der Waals surface area contributed by atoms with Gasteiger partial charge in [0.2, 0.25) is 0 Å². The predicted octanol–water partition coefficient (Wildman–Crippen LogP) is 0.364. The van der Waals surface area contributed by atoms with E-state index in [1.54, 1.807) is 0 Å². The summed E-state index contributed by atoms with van der Waals surface area (Å²) in [6.45, 7) is 1.07. The Hall–Kier alpha value is -0.630. The third-order valence-corrected chi connectivity index (χ3v) is 1.28. The van der Waals surface area contributed by atoms with Crippen LogP contribution < -0.4 is 0 Å². The van der Waals surface area contributed by atoms with Crippen molar-refractivity contribution in [3.8, 4) is 6.07 Å². The Morgan fingerprint density at radius 1 is 1.27 bits per heavy atom. The molecule has 0 saturated carbocycles. The summed E-state index contributed by atoms with van der Waals surface area (Å²) >= 11 is 0. The summed E-state index contributed by atoms with van der Waals surface area (Å²) in [4.78, 5) is 0. The normalized spacial score (nSPS) is 10.0. The van der Waals surface area contributed by atoms with E-state index < -0.39 is 0 Å². The van der Waals surface area contributed by atoms with Crippen LogP contribution in [0.5, 0.6) is 0 Å². The Morgan fingerprint density at radius 2 is 1.91 bits per heavy atom. The van der Waals surface area contributed by atoms with E-state index in [0.717, 1.165) is 5.06 Å². The molecule has 0 bridgehead atoms. The number of aliphatic hydroxyl groups is 1. The van der Waals surface area contributed by atoms with Gasteiger partial charge in [-0.2, -0.15) is 10.3 Å². The molecule has 0 aromatic carbocycles. The fourth-order valence-electron chi connectivity index (χ4n) is 0.706. The maximum Gasteiger partial charge on any atom is 0.0622 e. The zero-order chi connectivity index (χ0) is 8.53. The number of rotatable bonds is 6. The van der Waals surface area contributed by atoms with E-state index in [1.807, 2.05) is 6.07 Å². The Bertz CT molecular complexity index is 122. The van der Waals surface area contributed by atoms with E-state index in [2.05, 4.69) is 0 Å². The van der Waals surface area contributed by atoms with Crippen LogP contribution in [0.4, 0.5) is 0 Å². The van der Waals surface area contributed by atoms with Crippen molar-refractivity contribution in [2.45, 2.75) is 19.3 Å². The van der Waals surface area contributed by atoms with Crippen LogP contribution in [0.15, 0.2) is 0 Å². The standard InChI is InChI=1S/C7H14N2O2/c8-4-1-2-5-9(11)6-3-7-10/h10-11H,1-3,5-7H2. The van der Waals surface area contributed by atoms with Gasteiger partial charge in [-0.25, -0.2) is 0 Å². The highest BCUT2D eigenvalue weighted by Crippen LogP contribution is 1.91. The molecule has 2 N–H and O–H groups in total. The highest BCUT2D eigenvalue weighted by Gasteiger charge is 1.97. The molecule has 0 heterocycles. The van der Waals surface area contributed by atoms with Crippen LogP contribution in [0.2, 0.25) is 0 Å². The molecular formula is C7H14N2O2. The maximum atomic E-state index is 9.02. The molecule has 4 heteroatoms. The van der Waals surface area contributed by atoms with Crippen molar-refractivity contribution in [2.75, 3.05) is 19.7 Å². The zero-order valence-electron chi connectivity index (χ0n) is 6.53. The van der Waals surface area contributed by atoms with Crippen molar-refractivity contribution in [2.24, 2.45) is 0 Å². The van der Waals surface area contributed by atoms with Gasteiger partial charge in [0, 0.05) is 26.1 Å². The zero-order valence-corrected chi connectivity index (χ0v) is 6.53. The van der Waals surface area contributed by atoms with E-state index in [1.165, 1.54) is 0 Å². The van der Waals surface area contributed by atoms with Crippen LogP contribution >= 0.6 is 0 Å². The maximum absolute atomic E-state index is 9.02. The smallest absolute Gasteiger partial charge is 0.0622 e. The predicted molar refractivity (Wildman–Crippen MR) is 39.9 cm³/mol. The third kappa shape index (κ3) is 7.26. The molecule has 0 aliphatic rings. The minimum atomic E-state index is 0.0926. The fourth-order valence-corrected chi connectivity index (χ4v) is 0.706. The summed E-state index contributed by atoms with van der Waals surface area (Å²) in [5, 5.41) is 26.7. The Morgan fingerprint density at radius 3 is 2.45 bits per heavy atom. The molecule has 0 spiro atoms. The highest BCUT2D eigenvalue weighted by atomic mass is 16.5. The first kappa shape index (κ1) is 10.4. The second kappa shape index (κ2) is 7.48. The largest absolute Gasteiger partial charge is 0.396 e. The molecule has 11 heavy (non-hydrogen) atoms. The first-order chi connectivity index (χ1) is 5.31. The number of hydrogen-bond donors (Lipinski definition) is 2. The first-order valence-corrected chi connectivity index (χ1v) is 3.73. The third-order valence-electron chi connectivity index (χ3n) is 1.28. The van der Waals surface area contributed by atoms with Gasteiger partial charge in [0.05, 0.1) is 6.07 Å². The lowest BCUT2D eigenvalue weighted by molar-refractivity contribution is -0.0934. The Balaban J connectivity index is 3.10. The van der Waals surface area contributed by atoms with Gasteiger partial charge in [-0.15, -0.1) is 0 Å². The molecule has 0 aliphatic carbocycles. The summed E-state index contributed by atoms with van der Waals surface area (Å²) in [6, 6.07) is 1.99.